The van der Waals surface area contributed by atoms with Crippen LogP contribution in [0.2, 0.25) is 0 Å². The molecule has 0 saturated carbocycles. The van der Waals surface area contributed by atoms with Crippen molar-refractivity contribution in [2.75, 3.05) is 13.7 Å². The van der Waals surface area contributed by atoms with Crippen LogP contribution in [0.3, 0.4) is 0 Å². The number of benzene rings is 1. The van der Waals surface area contributed by atoms with E-state index in [1.165, 1.54) is 19.2 Å². The molecule has 1 atom stereocenters. The van der Waals surface area contributed by atoms with E-state index in [2.05, 4.69) is 4.74 Å². The molecule has 18 heavy (non-hydrogen) atoms. The van der Waals surface area contributed by atoms with Gasteiger partial charge in [0.05, 0.1) is 7.11 Å². The van der Waals surface area contributed by atoms with Crippen LogP contribution >= 0.6 is 12.4 Å². The summed E-state index contributed by atoms with van der Waals surface area (Å²) in [5, 5.41) is 0. The first-order valence-electron chi connectivity index (χ1n) is 4.76. The molecule has 4 N–H and O–H groups in total. The summed E-state index contributed by atoms with van der Waals surface area (Å²) in [6.45, 7) is 0.163. The maximum Gasteiger partial charge on any atom is 0.573 e. The van der Waals surface area contributed by atoms with E-state index in [4.69, 9.17) is 16.2 Å². The first-order valence-corrected chi connectivity index (χ1v) is 4.76. The molecule has 0 unspecified atom stereocenters. The van der Waals surface area contributed by atoms with Crippen LogP contribution in [0, 0.1) is 0 Å². The van der Waals surface area contributed by atoms with Crippen LogP contribution in [0.25, 0.3) is 0 Å². The fraction of sp³-hybridized carbons (Fsp3) is 0.400. The Hall–Kier alpha value is -1.18. The SMILES string of the molecule is COc1cc(OC(F)(F)F)ccc1[C@@H](N)CN.Cl. The van der Waals surface area contributed by atoms with Crippen molar-refractivity contribution in [2.45, 2.75) is 12.4 Å². The third-order valence-electron chi connectivity index (χ3n) is 2.09. The third kappa shape index (κ3) is 4.59. The Morgan fingerprint density at radius 2 is 1.94 bits per heavy atom. The summed E-state index contributed by atoms with van der Waals surface area (Å²) in [4.78, 5) is 0. The highest BCUT2D eigenvalue weighted by atomic mass is 35.5. The Kier molecular flexibility index (Phi) is 6.23. The maximum atomic E-state index is 12.0. The van der Waals surface area contributed by atoms with E-state index in [0.717, 1.165) is 6.07 Å². The second-order valence-electron chi connectivity index (χ2n) is 3.29. The van der Waals surface area contributed by atoms with Crippen molar-refractivity contribution in [3.63, 3.8) is 0 Å². The lowest BCUT2D eigenvalue weighted by atomic mass is 10.1. The molecule has 0 aliphatic heterocycles. The molecule has 0 radical (unpaired) electrons. The van der Waals surface area contributed by atoms with Crippen molar-refractivity contribution in [1.82, 2.24) is 0 Å². The zero-order valence-corrected chi connectivity index (χ0v) is 10.3. The van der Waals surface area contributed by atoms with Gasteiger partial charge < -0.3 is 20.9 Å². The minimum atomic E-state index is -4.73. The van der Waals surface area contributed by atoms with Gasteiger partial charge in [-0.05, 0) is 6.07 Å². The van der Waals surface area contributed by atoms with Crippen molar-refractivity contribution in [2.24, 2.45) is 11.5 Å². The zero-order valence-electron chi connectivity index (χ0n) is 9.53. The zero-order chi connectivity index (χ0) is 13.1. The number of hydrogen-bond donors (Lipinski definition) is 2. The van der Waals surface area contributed by atoms with Crippen molar-refractivity contribution < 1.29 is 22.6 Å². The van der Waals surface area contributed by atoms with Crippen molar-refractivity contribution >= 4 is 12.4 Å². The molecule has 0 aliphatic rings. The highest BCUT2D eigenvalue weighted by Crippen LogP contribution is 2.31. The number of rotatable bonds is 4. The van der Waals surface area contributed by atoms with Crippen molar-refractivity contribution in [3.8, 4) is 11.5 Å². The van der Waals surface area contributed by atoms with E-state index in [1.54, 1.807) is 0 Å². The van der Waals surface area contributed by atoms with Crippen LogP contribution in [0.1, 0.15) is 11.6 Å². The molecule has 0 saturated heterocycles. The van der Waals surface area contributed by atoms with Gasteiger partial charge in [0.1, 0.15) is 11.5 Å². The minimum absolute atomic E-state index is 0. The van der Waals surface area contributed by atoms with E-state index in [-0.39, 0.29) is 30.5 Å². The smallest absolute Gasteiger partial charge is 0.496 e. The lowest BCUT2D eigenvalue weighted by Crippen LogP contribution is -2.21. The molecule has 1 rings (SSSR count). The van der Waals surface area contributed by atoms with E-state index in [0.29, 0.717) is 5.56 Å². The van der Waals surface area contributed by atoms with E-state index < -0.39 is 12.4 Å². The molecule has 0 aliphatic carbocycles. The normalized spacial score (nSPS) is 12.6. The van der Waals surface area contributed by atoms with E-state index in [9.17, 15) is 13.2 Å². The minimum Gasteiger partial charge on any atom is -0.496 e. The van der Waals surface area contributed by atoms with Gasteiger partial charge in [-0.3, -0.25) is 0 Å². The standard InChI is InChI=1S/C10H13F3N2O2.ClH/c1-16-9-4-6(17-10(11,12)13)2-3-7(9)8(15)5-14;/h2-4,8H,5,14-15H2,1H3;1H/t8-;/m0./s1. The van der Waals surface area contributed by atoms with Gasteiger partial charge in [0.2, 0.25) is 0 Å². The second kappa shape index (κ2) is 6.67. The van der Waals surface area contributed by atoms with E-state index >= 15 is 0 Å². The number of nitrogens with two attached hydrogens (primary N) is 2. The Balaban J connectivity index is 0.00000289. The van der Waals surface area contributed by atoms with Crippen LogP contribution in [-0.2, 0) is 0 Å². The van der Waals surface area contributed by atoms with Gasteiger partial charge in [0.25, 0.3) is 0 Å². The molecule has 8 heteroatoms. The number of alkyl halides is 3. The van der Waals surface area contributed by atoms with Gasteiger partial charge in [-0.2, -0.15) is 0 Å². The van der Waals surface area contributed by atoms with Crippen LogP contribution in [0.5, 0.6) is 11.5 Å². The van der Waals surface area contributed by atoms with Crippen molar-refractivity contribution in [1.29, 1.82) is 0 Å². The van der Waals surface area contributed by atoms with Gasteiger partial charge >= 0.3 is 6.36 Å². The molecule has 1 aromatic carbocycles. The molecular weight excluding hydrogens is 273 g/mol. The molecule has 0 spiro atoms. The quantitative estimate of drug-likeness (QED) is 0.888. The first-order chi connectivity index (χ1) is 7.87. The molecular formula is C10H14ClF3N2O2. The average molecular weight is 287 g/mol. The van der Waals surface area contributed by atoms with Crippen LogP contribution in [-0.4, -0.2) is 20.0 Å². The van der Waals surface area contributed by atoms with Crippen LogP contribution in [0.4, 0.5) is 13.2 Å². The highest BCUT2D eigenvalue weighted by Gasteiger charge is 2.31. The number of methoxy groups -OCH3 is 1. The van der Waals surface area contributed by atoms with Crippen LogP contribution < -0.4 is 20.9 Å². The number of ether oxygens (including phenoxy) is 2. The maximum absolute atomic E-state index is 12.0. The summed E-state index contributed by atoms with van der Waals surface area (Å²) < 4.78 is 44.7. The first kappa shape index (κ1) is 16.8. The largest absolute Gasteiger partial charge is 0.573 e. The summed E-state index contributed by atoms with van der Waals surface area (Å²) in [5.41, 5.74) is 11.6. The molecule has 0 heterocycles. The fourth-order valence-electron chi connectivity index (χ4n) is 1.32. The fourth-order valence-corrected chi connectivity index (χ4v) is 1.32. The Labute approximate surface area is 108 Å². The Morgan fingerprint density at radius 3 is 2.39 bits per heavy atom. The Morgan fingerprint density at radius 1 is 1.33 bits per heavy atom. The topological polar surface area (TPSA) is 70.5 Å². The van der Waals surface area contributed by atoms with Gasteiger partial charge in [-0.1, -0.05) is 6.07 Å². The second-order valence-corrected chi connectivity index (χ2v) is 3.29. The molecule has 104 valence electrons. The van der Waals surface area contributed by atoms with Gasteiger partial charge in [-0.15, -0.1) is 25.6 Å². The number of halogens is 4. The summed E-state index contributed by atoms with van der Waals surface area (Å²) in [6, 6.07) is 3.20. The molecule has 4 nitrogen and oxygen atoms in total. The van der Waals surface area contributed by atoms with Crippen molar-refractivity contribution in [3.05, 3.63) is 23.8 Å². The monoisotopic (exact) mass is 286 g/mol. The van der Waals surface area contributed by atoms with Gasteiger partial charge in [0.15, 0.2) is 0 Å². The predicted octanol–water partition coefficient (Wildman–Crippen LogP) is 1.97. The molecule has 1 aromatic rings. The molecule has 0 amide bonds. The average Bonchev–Trinajstić information content (AvgIpc) is 2.25. The summed E-state index contributed by atoms with van der Waals surface area (Å²) >= 11 is 0. The number of hydrogen-bond acceptors (Lipinski definition) is 4. The highest BCUT2D eigenvalue weighted by molar-refractivity contribution is 5.85. The lowest BCUT2D eigenvalue weighted by molar-refractivity contribution is -0.274. The Bertz CT molecular complexity index is 388. The van der Waals surface area contributed by atoms with Gasteiger partial charge in [0, 0.05) is 24.2 Å². The molecule has 0 bridgehead atoms. The van der Waals surface area contributed by atoms with Gasteiger partial charge in [-0.25, -0.2) is 0 Å². The summed E-state index contributed by atoms with van der Waals surface area (Å²) in [7, 11) is 1.33. The third-order valence-corrected chi connectivity index (χ3v) is 2.09. The molecule has 0 fully saturated rings. The van der Waals surface area contributed by atoms with E-state index in [1.807, 2.05) is 0 Å². The summed E-state index contributed by atoms with van der Waals surface area (Å²) in [5.74, 6) is -0.146. The summed E-state index contributed by atoms with van der Waals surface area (Å²) in [6.07, 6.45) is -4.73. The predicted molar refractivity (Wildman–Crippen MR) is 62.9 cm³/mol. The lowest BCUT2D eigenvalue weighted by Gasteiger charge is -2.16. The van der Waals surface area contributed by atoms with Crippen LogP contribution in [0.15, 0.2) is 18.2 Å². The molecule has 0 aromatic heterocycles.